The van der Waals surface area contributed by atoms with Crippen molar-refractivity contribution in [3.05, 3.63) is 89.5 Å². The van der Waals surface area contributed by atoms with Crippen molar-refractivity contribution >= 4 is 5.57 Å². The van der Waals surface area contributed by atoms with E-state index in [9.17, 15) is 13.2 Å². The molecule has 1 heterocycles. The van der Waals surface area contributed by atoms with Gasteiger partial charge in [0.1, 0.15) is 18.2 Å². The zero-order valence-corrected chi connectivity index (χ0v) is 18.6. The summed E-state index contributed by atoms with van der Waals surface area (Å²) in [6.07, 6.45) is 2.56. The van der Waals surface area contributed by atoms with Gasteiger partial charge >= 0.3 is 0 Å². The van der Waals surface area contributed by atoms with Gasteiger partial charge in [0.25, 0.3) is 0 Å². The molecule has 2 aromatic rings. The summed E-state index contributed by atoms with van der Waals surface area (Å²) in [5.41, 5.74) is 2.69. The summed E-state index contributed by atoms with van der Waals surface area (Å²) in [6, 6.07) is 11.9. The molecule has 1 saturated heterocycles. The van der Waals surface area contributed by atoms with E-state index in [0.29, 0.717) is 29.9 Å². The normalized spacial score (nSPS) is 25.6. The van der Waals surface area contributed by atoms with E-state index in [1.807, 2.05) is 19.9 Å². The second kappa shape index (κ2) is 10.4. The Labute approximate surface area is 192 Å². The maximum absolute atomic E-state index is 14.9. The van der Waals surface area contributed by atoms with Crippen molar-refractivity contribution in [2.24, 2.45) is 0 Å². The Morgan fingerprint density at radius 2 is 1.67 bits per heavy atom. The highest BCUT2D eigenvalue weighted by Crippen LogP contribution is 2.34. The van der Waals surface area contributed by atoms with Crippen LogP contribution in [0.25, 0.3) is 16.7 Å². The monoisotopic (exact) mass is 456 g/mol. The molecule has 4 rings (SSSR count). The topological polar surface area (TPSA) is 27.7 Å². The molecule has 1 fully saturated rings. The van der Waals surface area contributed by atoms with E-state index in [0.717, 1.165) is 5.56 Å². The van der Waals surface area contributed by atoms with E-state index in [4.69, 9.17) is 14.2 Å². The van der Waals surface area contributed by atoms with Gasteiger partial charge in [-0.05, 0) is 48.3 Å². The van der Waals surface area contributed by atoms with Crippen molar-refractivity contribution in [1.29, 1.82) is 0 Å². The Bertz CT molecular complexity index is 1050. The number of hydrogen-bond acceptors (Lipinski definition) is 3. The Balaban J connectivity index is 1.50. The first-order chi connectivity index (χ1) is 16.0. The molecule has 2 aliphatic rings. The quantitative estimate of drug-likeness (QED) is 0.463. The van der Waals surface area contributed by atoms with Gasteiger partial charge in [-0.25, -0.2) is 13.2 Å². The number of ether oxygens (including phenoxy) is 3. The molecule has 1 aliphatic carbocycles. The Kier molecular flexibility index (Phi) is 7.36. The second-order valence-electron chi connectivity index (χ2n) is 8.12. The summed E-state index contributed by atoms with van der Waals surface area (Å²) < 4.78 is 60.4. The van der Waals surface area contributed by atoms with Gasteiger partial charge < -0.3 is 14.2 Å². The van der Waals surface area contributed by atoms with Crippen molar-refractivity contribution in [3.63, 3.8) is 0 Å². The minimum absolute atomic E-state index is 0.0135. The number of hydrogen-bond donors (Lipinski definition) is 0. The van der Waals surface area contributed by atoms with Gasteiger partial charge in [-0.1, -0.05) is 54.6 Å². The van der Waals surface area contributed by atoms with E-state index >= 15 is 0 Å². The van der Waals surface area contributed by atoms with Crippen LogP contribution in [-0.2, 0) is 14.2 Å². The number of halogens is 3. The van der Waals surface area contributed by atoms with Gasteiger partial charge in [0.15, 0.2) is 18.6 Å². The summed E-state index contributed by atoms with van der Waals surface area (Å²) in [6.45, 7) is 4.82. The fraction of sp³-hybridized carbons (Fsp3) is 0.333. The minimum atomic E-state index is -1.87. The van der Waals surface area contributed by atoms with Crippen molar-refractivity contribution in [3.8, 4) is 11.1 Å². The van der Waals surface area contributed by atoms with E-state index in [-0.39, 0.29) is 36.0 Å². The van der Waals surface area contributed by atoms with Crippen LogP contribution in [0.4, 0.5) is 13.2 Å². The fourth-order valence-electron chi connectivity index (χ4n) is 3.94. The highest BCUT2D eigenvalue weighted by molar-refractivity contribution is 5.75. The molecule has 6 heteroatoms. The third-order valence-electron chi connectivity index (χ3n) is 5.89. The van der Waals surface area contributed by atoms with Crippen LogP contribution in [0.2, 0.25) is 0 Å². The smallest absolute Gasteiger partial charge is 0.192 e. The molecule has 2 atom stereocenters. The SMILES string of the molecule is C/C=C/COC1=CC=C(c2ccc(-c3ccc(C4COC(C)OC4)cc3F)cc2)C(F)C1F. The Morgan fingerprint density at radius 3 is 2.33 bits per heavy atom. The molecule has 0 N–H and O–H groups in total. The van der Waals surface area contributed by atoms with Gasteiger partial charge in [0.05, 0.1) is 13.2 Å². The molecule has 33 heavy (non-hydrogen) atoms. The first-order valence-corrected chi connectivity index (χ1v) is 11.0. The average molecular weight is 457 g/mol. The van der Waals surface area contributed by atoms with Crippen molar-refractivity contribution in [2.75, 3.05) is 19.8 Å². The second-order valence-corrected chi connectivity index (χ2v) is 8.12. The number of alkyl halides is 2. The van der Waals surface area contributed by atoms with Crippen molar-refractivity contribution in [2.45, 2.75) is 38.4 Å². The van der Waals surface area contributed by atoms with Gasteiger partial charge in [-0.2, -0.15) is 0 Å². The highest BCUT2D eigenvalue weighted by atomic mass is 19.2. The third-order valence-corrected chi connectivity index (χ3v) is 5.89. The molecule has 0 amide bonds. The van der Waals surface area contributed by atoms with Gasteiger partial charge in [0.2, 0.25) is 0 Å². The fourth-order valence-corrected chi connectivity index (χ4v) is 3.94. The van der Waals surface area contributed by atoms with Crippen LogP contribution in [0, 0.1) is 5.82 Å². The largest absolute Gasteiger partial charge is 0.491 e. The van der Waals surface area contributed by atoms with E-state index in [1.165, 1.54) is 18.2 Å². The summed E-state index contributed by atoms with van der Waals surface area (Å²) in [5, 5.41) is 0. The van der Waals surface area contributed by atoms with Gasteiger partial charge in [-0.3, -0.25) is 0 Å². The molecule has 0 spiro atoms. The first kappa shape index (κ1) is 23.3. The minimum Gasteiger partial charge on any atom is -0.491 e. The molecule has 0 bridgehead atoms. The van der Waals surface area contributed by atoms with Crippen LogP contribution in [-0.4, -0.2) is 38.5 Å². The average Bonchev–Trinajstić information content (AvgIpc) is 2.83. The molecule has 0 radical (unpaired) electrons. The standard InChI is InChI=1S/C27H27F3O3/c1-3-4-13-31-25-12-11-23(26(29)27(25)30)19-7-5-18(6-8-19)22-10-9-20(14-24(22)28)21-15-32-17(2)33-16-21/h3-12,14,17,21,26-27H,13,15-16H2,1-2H3/b4-3+. The van der Waals surface area contributed by atoms with Crippen LogP contribution in [0.15, 0.2) is 72.5 Å². The third kappa shape index (κ3) is 5.23. The molecule has 0 aromatic heterocycles. The number of rotatable bonds is 6. The van der Waals surface area contributed by atoms with Crippen LogP contribution < -0.4 is 0 Å². The van der Waals surface area contributed by atoms with Crippen molar-refractivity contribution in [1.82, 2.24) is 0 Å². The predicted molar refractivity (Wildman–Crippen MR) is 123 cm³/mol. The van der Waals surface area contributed by atoms with E-state index in [1.54, 1.807) is 42.5 Å². The Hall–Kier alpha value is -2.83. The van der Waals surface area contributed by atoms with E-state index in [2.05, 4.69) is 0 Å². The molecule has 2 unspecified atom stereocenters. The first-order valence-electron chi connectivity index (χ1n) is 11.0. The maximum atomic E-state index is 14.9. The highest BCUT2D eigenvalue weighted by Gasteiger charge is 2.32. The van der Waals surface area contributed by atoms with E-state index < -0.39 is 12.3 Å². The summed E-state index contributed by atoms with van der Waals surface area (Å²) >= 11 is 0. The molecule has 2 aromatic carbocycles. The lowest BCUT2D eigenvalue weighted by atomic mass is 9.91. The van der Waals surface area contributed by atoms with Gasteiger partial charge in [0, 0.05) is 11.5 Å². The van der Waals surface area contributed by atoms with Crippen LogP contribution in [0.3, 0.4) is 0 Å². The lowest BCUT2D eigenvalue weighted by molar-refractivity contribution is -0.176. The zero-order valence-electron chi connectivity index (χ0n) is 18.6. The molecule has 1 aliphatic heterocycles. The zero-order chi connectivity index (χ0) is 23.4. The molecule has 3 nitrogen and oxygen atoms in total. The summed E-state index contributed by atoms with van der Waals surface area (Å²) in [5.74, 6) is -0.388. The summed E-state index contributed by atoms with van der Waals surface area (Å²) in [4.78, 5) is 0. The van der Waals surface area contributed by atoms with Crippen LogP contribution in [0.1, 0.15) is 30.9 Å². The van der Waals surface area contributed by atoms with Gasteiger partial charge in [-0.15, -0.1) is 0 Å². The van der Waals surface area contributed by atoms with Crippen LogP contribution >= 0.6 is 0 Å². The predicted octanol–water partition coefficient (Wildman–Crippen LogP) is 6.52. The number of benzene rings is 2. The lowest BCUT2D eigenvalue weighted by Crippen LogP contribution is -2.28. The van der Waals surface area contributed by atoms with Crippen LogP contribution in [0.5, 0.6) is 0 Å². The molecular weight excluding hydrogens is 429 g/mol. The van der Waals surface area contributed by atoms with Crippen molar-refractivity contribution < 1.29 is 27.4 Å². The lowest BCUT2D eigenvalue weighted by Gasteiger charge is -2.27. The summed E-state index contributed by atoms with van der Waals surface area (Å²) in [7, 11) is 0. The number of allylic oxidation sites excluding steroid dienone is 5. The maximum Gasteiger partial charge on any atom is 0.192 e. The molecular formula is C27H27F3O3. The molecule has 174 valence electrons. The Morgan fingerprint density at radius 1 is 0.970 bits per heavy atom. The molecule has 0 saturated carbocycles.